The fraction of sp³-hybridized carbons (Fsp3) is 0. The molecule has 0 aliphatic heterocycles. The molecular weight excluding hydrogens is 733 g/mol. The van der Waals surface area contributed by atoms with E-state index in [9.17, 15) is 36.2 Å². The molecule has 0 aliphatic carbocycles. The van der Waals surface area contributed by atoms with E-state index >= 15 is 0 Å². The van der Waals surface area contributed by atoms with Crippen molar-refractivity contribution in [3.63, 3.8) is 0 Å². The number of azo groups is 2. The molecule has 16 heteroatoms. The molecule has 0 heterocycles. The maximum atomic E-state index is 12.1. The van der Waals surface area contributed by atoms with Gasteiger partial charge in [0.25, 0.3) is 20.2 Å². The van der Waals surface area contributed by atoms with Crippen LogP contribution in [-0.4, -0.2) is 36.2 Å². The number of hydrogen-bond acceptors (Lipinski definition) is 12. The Hall–Kier alpha value is -6.72. The van der Waals surface area contributed by atoms with Gasteiger partial charge in [-0.25, -0.2) is 0 Å². The molecular formula is C38H28N6O8S2. The molecule has 8 N–H and O–H groups in total. The summed E-state index contributed by atoms with van der Waals surface area (Å²) >= 11 is 0. The number of anilines is 2. The first kappa shape index (κ1) is 35.7. The van der Waals surface area contributed by atoms with Gasteiger partial charge in [0.05, 0.1) is 11.4 Å². The van der Waals surface area contributed by atoms with Gasteiger partial charge in [0.15, 0.2) is 11.5 Å². The molecule has 0 spiro atoms. The fourth-order valence-electron chi connectivity index (χ4n) is 5.84. The SMILES string of the molecule is Nc1ccc2c(O)c(N=Nc3ccc(-c4ccc(-c5ccc(N=Nc6c(S(=O)(=O)O)cc7cc(N)ccc7c6O)cc5)cc4)cc3)c(S(=O)(=O)O)cc2c1. The number of phenolic OH excluding ortho intramolecular Hbond substituents is 2. The van der Waals surface area contributed by atoms with Crippen molar-refractivity contribution >= 4 is 75.9 Å². The number of nitrogens with two attached hydrogens (primary N) is 2. The summed E-state index contributed by atoms with van der Waals surface area (Å²) in [6.07, 6.45) is 0. The third kappa shape index (κ3) is 7.17. The van der Waals surface area contributed by atoms with Crippen LogP contribution in [0.5, 0.6) is 11.5 Å². The predicted octanol–water partition coefficient (Wildman–Crippen LogP) is 9.23. The maximum absolute atomic E-state index is 12.1. The molecule has 54 heavy (non-hydrogen) atoms. The van der Waals surface area contributed by atoms with E-state index in [-0.39, 0.29) is 10.8 Å². The molecule has 0 saturated carbocycles. The number of rotatable bonds is 8. The van der Waals surface area contributed by atoms with E-state index in [4.69, 9.17) is 11.5 Å². The number of aromatic hydroxyl groups is 2. The van der Waals surface area contributed by atoms with Crippen LogP contribution in [0.15, 0.2) is 152 Å². The lowest BCUT2D eigenvalue weighted by Crippen LogP contribution is -1.99. The van der Waals surface area contributed by atoms with Crippen molar-refractivity contribution in [2.45, 2.75) is 9.79 Å². The van der Waals surface area contributed by atoms with Crippen LogP contribution in [0.3, 0.4) is 0 Å². The van der Waals surface area contributed by atoms with Crippen LogP contribution in [0.1, 0.15) is 0 Å². The highest BCUT2D eigenvalue weighted by Crippen LogP contribution is 2.43. The van der Waals surface area contributed by atoms with E-state index in [1.54, 1.807) is 60.7 Å². The van der Waals surface area contributed by atoms with Crippen LogP contribution in [0, 0.1) is 0 Å². The summed E-state index contributed by atoms with van der Waals surface area (Å²) in [6, 6.07) is 32.9. The van der Waals surface area contributed by atoms with Crippen molar-refractivity contribution < 1.29 is 36.2 Å². The van der Waals surface area contributed by atoms with Gasteiger partial charge in [-0.3, -0.25) is 9.11 Å². The van der Waals surface area contributed by atoms with Crippen LogP contribution in [0.2, 0.25) is 0 Å². The molecule has 0 unspecified atom stereocenters. The highest BCUT2D eigenvalue weighted by atomic mass is 32.2. The van der Waals surface area contributed by atoms with Gasteiger partial charge in [-0.05, 0) is 106 Å². The van der Waals surface area contributed by atoms with Crippen molar-refractivity contribution in [1.29, 1.82) is 0 Å². The van der Waals surface area contributed by atoms with Crippen LogP contribution in [0.4, 0.5) is 34.1 Å². The smallest absolute Gasteiger partial charge is 0.296 e. The normalized spacial score (nSPS) is 12.3. The van der Waals surface area contributed by atoms with E-state index in [1.165, 1.54) is 36.4 Å². The third-order valence-corrected chi connectivity index (χ3v) is 10.3. The zero-order chi connectivity index (χ0) is 38.4. The molecule has 0 aliphatic rings. The van der Waals surface area contributed by atoms with Crippen LogP contribution < -0.4 is 11.5 Å². The Morgan fingerprint density at radius 1 is 0.426 bits per heavy atom. The van der Waals surface area contributed by atoms with Gasteiger partial charge >= 0.3 is 0 Å². The molecule has 0 amide bonds. The molecule has 0 saturated heterocycles. The highest BCUT2D eigenvalue weighted by Gasteiger charge is 2.23. The van der Waals surface area contributed by atoms with E-state index in [0.29, 0.717) is 33.5 Å². The van der Waals surface area contributed by atoms with Crippen LogP contribution in [-0.2, 0) is 20.2 Å². The summed E-state index contributed by atoms with van der Waals surface area (Å²) in [4.78, 5) is -1.22. The standard InChI is InChI=1S/C38H28N6O8S2/c39-27-9-15-31-25(17-27)19-33(53(47,48)49)35(37(31)45)43-41-29-11-5-23(6-12-29)21-1-2-22(4-3-21)24-7-13-30(14-8-24)42-44-36-34(54(50,51)52)20-26-18-28(40)10-16-32(26)38(36)46/h1-20,45-46H,39-40H2,(H,47,48,49)(H,50,51,52). The number of nitrogen functional groups attached to an aromatic ring is 2. The molecule has 0 bridgehead atoms. The molecule has 0 fully saturated rings. The number of fused-ring (bicyclic) bond motifs is 2. The summed E-state index contributed by atoms with van der Waals surface area (Å²) in [7, 11) is -9.52. The van der Waals surface area contributed by atoms with Gasteiger partial charge in [0.2, 0.25) is 0 Å². The zero-order valence-corrected chi connectivity index (χ0v) is 29.4. The van der Waals surface area contributed by atoms with E-state index in [1.807, 2.05) is 24.3 Å². The Morgan fingerprint density at radius 2 is 0.741 bits per heavy atom. The van der Waals surface area contributed by atoms with Crippen molar-refractivity contribution in [2.24, 2.45) is 20.5 Å². The number of nitrogens with zero attached hydrogens (tertiary/aromatic N) is 4. The second-order valence-electron chi connectivity index (χ2n) is 12.1. The van der Waals surface area contributed by atoms with Crippen molar-refractivity contribution in [3.05, 3.63) is 121 Å². The lowest BCUT2D eigenvalue weighted by Gasteiger charge is -2.09. The topological polar surface area (TPSA) is 251 Å². The molecule has 7 rings (SSSR count). The third-order valence-electron chi connectivity index (χ3n) is 8.52. The van der Waals surface area contributed by atoms with Gasteiger partial charge < -0.3 is 21.7 Å². The van der Waals surface area contributed by atoms with Gasteiger partial charge in [-0.2, -0.15) is 27.1 Å². The summed E-state index contributed by atoms with van der Waals surface area (Å²) in [5.41, 5.74) is 15.6. The van der Waals surface area contributed by atoms with Crippen LogP contribution in [0.25, 0.3) is 43.8 Å². The average molecular weight is 761 g/mol. The van der Waals surface area contributed by atoms with E-state index in [2.05, 4.69) is 20.5 Å². The Morgan fingerprint density at radius 3 is 1.06 bits per heavy atom. The Labute approximate surface area is 307 Å². The lowest BCUT2D eigenvalue weighted by atomic mass is 10.00. The molecule has 14 nitrogen and oxygen atoms in total. The highest BCUT2D eigenvalue weighted by molar-refractivity contribution is 7.86. The van der Waals surface area contributed by atoms with Gasteiger partial charge in [0, 0.05) is 22.1 Å². The minimum absolute atomic E-state index is 0.285. The second-order valence-corrected chi connectivity index (χ2v) is 14.9. The summed E-state index contributed by atoms with van der Waals surface area (Å²) in [6.45, 7) is 0. The lowest BCUT2D eigenvalue weighted by molar-refractivity contribution is 0.471. The summed E-state index contributed by atoms with van der Waals surface area (Å²) < 4.78 is 68.1. The molecule has 7 aromatic rings. The maximum Gasteiger partial charge on any atom is 0.296 e. The summed E-state index contributed by atoms with van der Waals surface area (Å²) in [5.74, 6) is -0.941. The Bertz CT molecular complexity index is 2700. The first-order chi connectivity index (χ1) is 25.7. The minimum Gasteiger partial charge on any atom is -0.505 e. The molecule has 7 aromatic carbocycles. The number of phenols is 2. The number of hydrogen-bond donors (Lipinski definition) is 6. The zero-order valence-electron chi connectivity index (χ0n) is 27.7. The van der Waals surface area contributed by atoms with Gasteiger partial charge in [0.1, 0.15) is 21.2 Å². The van der Waals surface area contributed by atoms with E-state index < -0.39 is 52.9 Å². The average Bonchev–Trinajstić information content (AvgIpc) is 3.13. The first-order valence-corrected chi connectivity index (χ1v) is 18.7. The predicted molar refractivity (Wildman–Crippen MR) is 205 cm³/mol. The van der Waals surface area contributed by atoms with Crippen molar-refractivity contribution in [2.75, 3.05) is 11.5 Å². The second kappa shape index (κ2) is 13.7. The Kier molecular flexibility index (Phi) is 9.04. The van der Waals surface area contributed by atoms with Crippen molar-refractivity contribution in [1.82, 2.24) is 0 Å². The van der Waals surface area contributed by atoms with Gasteiger partial charge in [-0.15, -0.1) is 10.2 Å². The quantitative estimate of drug-likeness (QED) is 0.0486. The number of benzene rings is 7. The monoisotopic (exact) mass is 760 g/mol. The first-order valence-electron chi connectivity index (χ1n) is 15.9. The van der Waals surface area contributed by atoms with Crippen molar-refractivity contribution in [3.8, 4) is 33.8 Å². The molecule has 270 valence electrons. The Balaban J connectivity index is 1.08. The molecule has 0 radical (unpaired) electrons. The van der Waals surface area contributed by atoms with Crippen LogP contribution >= 0.6 is 0 Å². The fourth-order valence-corrected chi connectivity index (χ4v) is 7.15. The van der Waals surface area contributed by atoms with E-state index in [0.717, 1.165) is 22.3 Å². The van der Waals surface area contributed by atoms with Gasteiger partial charge in [-0.1, -0.05) is 48.5 Å². The molecule has 0 atom stereocenters. The minimum atomic E-state index is -4.76. The summed E-state index contributed by atoms with van der Waals surface area (Å²) in [5, 5.41) is 38.9. The molecule has 0 aromatic heterocycles. The largest absolute Gasteiger partial charge is 0.505 e.